The lowest BCUT2D eigenvalue weighted by atomic mass is 10.1. The van der Waals surface area contributed by atoms with Crippen LogP contribution in [0.15, 0.2) is 42.5 Å². The van der Waals surface area contributed by atoms with E-state index in [2.05, 4.69) is 5.32 Å². The standard InChI is InChI=1S/C18H19NO4/c1-3-13-6-4-5-7-15(13)19-17(21)11-23-18(22)14-10-12(2)8-9-16(14)20/h4-10,20H,3,11H2,1-2H3,(H,19,21). The van der Waals surface area contributed by atoms with E-state index in [0.29, 0.717) is 5.69 Å². The molecule has 0 fully saturated rings. The quantitative estimate of drug-likeness (QED) is 0.832. The molecule has 2 aromatic rings. The lowest BCUT2D eigenvalue weighted by Crippen LogP contribution is -2.21. The number of anilines is 1. The molecule has 0 saturated heterocycles. The molecule has 0 aliphatic carbocycles. The molecule has 1 amide bonds. The van der Waals surface area contributed by atoms with E-state index in [1.54, 1.807) is 19.1 Å². The van der Waals surface area contributed by atoms with E-state index in [9.17, 15) is 14.7 Å². The van der Waals surface area contributed by atoms with Gasteiger partial charge in [0.2, 0.25) is 0 Å². The van der Waals surface area contributed by atoms with Crippen LogP contribution in [-0.4, -0.2) is 23.6 Å². The van der Waals surface area contributed by atoms with E-state index in [1.807, 2.05) is 25.1 Å². The van der Waals surface area contributed by atoms with Crippen LogP contribution in [0.5, 0.6) is 5.75 Å². The Labute approximate surface area is 134 Å². The predicted molar refractivity (Wildman–Crippen MR) is 87.6 cm³/mol. The molecule has 5 nitrogen and oxygen atoms in total. The predicted octanol–water partition coefficient (Wildman–Crippen LogP) is 3.06. The lowest BCUT2D eigenvalue weighted by molar-refractivity contribution is -0.119. The molecule has 2 rings (SSSR count). The number of ether oxygens (including phenoxy) is 1. The summed E-state index contributed by atoms with van der Waals surface area (Å²) >= 11 is 0. The van der Waals surface area contributed by atoms with Crippen molar-refractivity contribution in [1.29, 1.82) is 0 Å². The molecule has 0 atom stereocenters. The largest absolute Gasteiger partial charge is 0.507 e. The summed E-state index contributed by atoms with van der Waals surface area (Å²) in [6.07, 6.45) is 0.785. The van der Waals surface area contributed by atoms with Gasteiger partial charge in [0.05, 0.1) is 0 Å². The molecule has 5 heteroatoms. The van der Waals surface area contributed by atoms with Crippen molar-refractivity contribution in [1.82, 2.24) is 0 Å². The van der Waals surface area contributed by atoms with E-state index in [1.165, 1.54) is 12.1 Å². The molecule has 120 valence electrons. The number of amides is 1. The zero-order chi connectivity index (χ0) is 16.8. The molecule has 0 bridgehead atoms. The second-order valence-electron chi connectivity index (χ2n) is 5.16. The Kier molecular flexibility index (Phi) is 5.36. The fourth-order valence-electron chi connectivity index (χ4n) is 2.16. The van der Waals surface area contributed by atoms with Crippen LogP contribution in [0.25, 0.3) is 0 Å². The fourth-order valence-corrected chi connectivity index (χ4v) is 2.16. The highest BCUT2D eigenvalue weighted by atomic mass is 16.5. The van der Waals surface area contributed by atoms with Gasteiger partial charge in [0.15, 0.2) is 6.61 Å². The molecule has 0 saturated carbocycles. The van der Waals surface area contributed by atoms with Crippen molar-refractivity contribution in [3.8, 4) is 5.75 Å². The van der Waals surface area contributed by atoms with Crippen molar-refractivity contribution >= 4 is 17.6 Å². The van der Waals surface area contributed by atoms with E-state index in [-0.39, 0.29) is 11.3 Å². The molecule has 2 aromatic carbocycles. The Hall–Kier alpha value is -2.82. The number of carbonyl (C=O) groups excluding carboxylic acids is 2. The van der Waals surface area contributed by atoms with Crippen molar-refractivity contribution in [3.63, 3.8) is 0 Å². The molecule has 2 N–H and O–H groups in total. The highest BCUT2D eigenvalue weighted by molar-refractivity contribution is 5.97. The minimum absolute atomic E-state index is 0.0479. The second kappa shape index (κ2) is 7.45. The smallest absolute Gasteiger partial charge is 0.342 e. The summed E-state index contributed by atoms with van der Waals surface area (Å²) in [7, 11) is 0. The number of aryl methyl sites for hydroxylation is 2. The average molecular weight is 313 g/mol. The van der Waals surface area contributed by atoms with Gasteiger partial charge in [-0.2, -0.15) is 0 Å². The molecule has 0 aliphatic rings. The lowest BCUT2D eigenvalue weighted by Gasteiger charge is -2.10. The van der Waals surface area contributed by atoms with E-state index < -0.39 is 18.5 Å². The number of benzene rings is 2. The van der Waals surface area contributed by atoms with Gasteiger partial charge in [0, 0.05) is 5.69 Å². The first-order chi connectivity index (χ1) is 11.0. The van der Waals surface area contributed by atoms with Gasteiger partial charge in [0.25, 0.3) is 5.91 Å². The Morgan fingerprint density at radius 1 is 1.17 bits per heavy atom. The zero-order valence-corrected chi connectivity index (χ0v) is 13.1. The molecule has 0 unspecified atom stereocenters. The minimum Gasteiger partial charge on any atom is -0.507 e. The molecule has 0 heterocycles. The van der Waals surface area contributed by atoms with Crippen LogP contribution in [-0.2, 0) is 16.0 Å². The van der Waals surface area contributed by atoms with E-state index in [4.69, 9.17) is 4.74 Å². The number of phenolic OH excluding ortho intramolecular Hbond substituents is 1. The number of carbonyl (C=O) groups is 2. The number of esters is 1. The molecule has 0 radical (unpaired) electrons. The SMILES string of the molecule is CCc1ccccc1NC(=O)COC(=O)c1cc(C)ccc1O. The fraction of sp³-hybridized carbons (Fsp3) is 0.222. The number of nitrogens with one attached hydrogen (secondary N) is 1. The number of hydrogen-bond donors (Lipinski definition) is 2. The van der Waals surface area contributed by atoms with Crippen LogP contribution >= 0.6 is 0 Å². The number of rotatable bonds is 5. The van der Waals surface area contributed by atoms with Crippen molar-refractivity contribution in [2.45, 2.75) is 20.3 Å². The summed E-state index contributed by atoms with van der Waals surface area (Å²) in [5.41, 5.74) is 2.57. The molecule has 23 heavy (non-hydrogen) atoms. The van der Waals surface area contributed by atoms with Gasteiger partial charge >= 0.3 is 5.97 Å². The highest BCUT2D eigenvalue weighted by Crippen LogP contribution is 2.19. The molecular weight excluding hydrogens is 294 g/mol. The van der Waals surface area contributed by atoms with E-state index in [0.717, 1.165) is 17.5 Å². The third-order valence-electron chi connectivity index (χ3n) is 3.38. The van der Waals surface area contributed by atoms with Crippen LogP contribution < -0.4 is 5.32 Å². The Morgan fingerprint density at radius 2 is 1.91 bits per heavy atom. The minimum atomic E-state index is -0.731. The van der Waals surface area contributed by atoms with Crippen molar-refractivity contribution in [2.24, 2.45) is 0 Å². The maximum Gasteiger partial charge on any atom is 0.342 e. The number of phenols is 1. The number of aromatic hydroxyl groups is 1. The molecule has 0 aliphatic heterocycles. The topological polar surface area (TPSA) is 75.6 Å². The van der Waals surface area contributed by atoms with Gasteiger partial charge in [-0.25, -0.2) is 4.79 Å². The zero-order valence-electron chi connectivity index (χ0n) is 13.1. The molecular formula is C18H19NO4. The van der Waals surface area contributed by atoms with Crippen LogP contribution in [0, 0.1) is 6.92 Å². The van der Waals surface area contributed by atoms with Crippen LogP contribution in [0.1, 0.15) is 28.4 Å². The number of para-hydroxylation sites is 1. The first-order valence-corrected chi connectivity index (χ1v) is 7.35. The maximum atomic E-state index is 11.9. The summed E-state index contributed by atoms with van der Waals surface area (Å²) in [6.45, 7) is 3.38. The van der Waals surface area contributed by atoms with Gasteiger partial charge in [-0.15, -0.1) is 0 Å². The van der Waals surface area contributed by atoms with Crippen LogP contribution in [0.2, 0.25) is 0 Å². The van der Waals surface area contributed by atoms with Crippen LogP contribution in [0.4, 0.5) is 5.69 Å². The first kappa shape index (κ1) is 16.5. The average Bonchev–Trinajstić information content (AvgIpc) is 2.55. The summed E-state index contributed by atoms with van der Waals surface area (Å²) in [4.78, 5) is 23.9. The van der Waals surface area contributed by atoms with Gasteiger partial charge in [0.1, 0.15) is 11.3 Å². The molecule has 0 spiro atoms. The van der Waals surface area contributed by atoms with Crippen molar-refractivity contribution in [3.05, 3.63) is 59.2 Å². The summed E-state index contributed by atoms with van der Waals surface area (Å²) in [5, 5.41) is 12.4. The van der Waals surface area contributed by atoms with Gasteiger partial charge in [-0.1, -0.05) is 36.8 Å². The normalized spacial score (nSPS) is 10.2. The Balaban J connectivity index is 1.96. The van der Waals surface area contributed by atoms with Gasteiger partial charge in [-0.05, 0) is 37.1 Å². The summed E-state index contributed by atoms with van der Waals surface area (Å²) < 4.78 is 4.96. The third kappa shape index (κ3) is 4.32. The monoisotopic (exact) mass is 313 g/mol. The molecule has 0 aromatic heterocycles. The van der Waals surface area contributed by atoms with Gasteiger partial charge < -0.3 is 15.2 Å². The van der Waals surface area contributed by atoms with Gasteiger partial charge in [-0.3, -0.25) is 4.79 Å². The summed E-state index contributed by atoms with van der Waals surface area (Å²) in [5.74, 6) is -1.33. The Morgan fingerprint density at radius 3 is 2.65 bits per heavy atom. The first-order valence-electron chi connectivity index (χ1n) is 7.35. The van der Waals surface area contributed by atoms with Crippen LogP contribution in [0.3, 0.4) is 0 Å². The Bertz CT molecular complexity index is 725. The maximum absolute atomic E-state index is 11.9. The number of hydrogen-bond acceptors (Lipinski definition) is 4. The summed E-state index contributed by atoms with van der Waals surface area (Å²) in [6, 6.07) is 12.1. The third-order valence-corrected chi connectivity index (χ3v) is 3.38. The highest BCUT2D eigenvalue weighted by Gasteiger charge is 2.15. The van der Waals surface area contributed by atoms with Crippen molar-refractivity contribution in [2.75, 3.05) is 11.9 Å². The second-order valence-corrected chi connectivity index (χ2v) is 5.16. The van der Waals surface area contributed by atoms with Crippen molar-refractivity contribution < 1.29 is 19.4 Å². The van der Waals surface area contributed by atoms with E-state index >= 15 is 0 Å².